The molecule has 0 aliphatic carbocycles. The van der Waals surface area contributed by atoms with Gasteiger partial charge in [-0.3, -0.25) is 0 Å². The Morgan fingerprint density at radius 3 is 1.25 bits per heavy atom. The van der Waals surface area contributed by atoms with Crippen LogP contribution in [-0.2, 0) is 0 Å². The first-order valence-corrected chi connectivity index (χ1v) is 10.0. The van der Waals surface area contributed by atoms with Crippen LogP contribution in [0.2, 0.25) is 0 Å². The van der Waals surface area contributed by atoms with Crippen LogP contribution < -0.4 is 0 Å². The second-order valence-corrected chi connectivity index (χ2v) is 7.74. The highest BCUT2D eigenvalue weighted by molar-refractivity contribution is 4.93. The smallest absolute Gasteiger partial charge is 0.0902 e. The lowest BCUT2D eigenvalue weighted by Gasteiger charge is -2.39. The zero-order valence-electron chi connectivity index (χ0n) is 16.4. The Kier molecular flexibility index (Phi) is 13.3. The number of aliphatic hydroxyl groups is 2. The molecule has 0 aromatic rings. The molecule has 0 saturated heterocycles. The molecule has 2 atom stereocenters. The van der Waals surface area contributed by atoms with E-state index >= 15 is 0 Å². The molecule has 0 aromatic carbocycles. The maximum Gasteiger partial charge on any atom is 0.0902 e. The lowest BCUT2D eigenvalue weighted by molar-refractivity contribution is -0.140. The third kappa shape index (κ3) is 11.0. The number of rotatable bonds is 17. The van der Waals surface area contributed by atoms with Crippen molar-refractivity contribution in [3.63, 3.8) is 0 Å². The maximum absolute atomic E-state index is 10.7. The van der Waals surface area contributed by atoms with E-state index in [-0.39, 0.29) is 0 Å². The standard InChI is InChI=1S/C22H42O2/c1-5-7-9-11-12-13-14-16-18-20-22(4,24)21(3,23)19-17-15-10-8-6-2/h5-6,23-24H,1-2,7-20H2,3-4H3/t21-,22-/m0/s1. The summed E-state index contributed by atoms with van der Waals surface area (Å²) in [5, 5.41) is 21.3. The molecule has 0 saturated carbocycles. The van der Waals surface area contributed by atoms with Gasteiger partial charge in [0, 0.05) is 0 Å². The van der Waals surface area contributed by atoms with Crippen molar-refractivity contribution in [2.24, 2.45) is 0 Å². The normalized spacial score (nSPS) is 16.3. The highest BCUT2D eigenvalue weighted by Gasteiger charge is 2.40. The molecule has 142 valence electrons. The summed E-state index contributed by atoms with van der Waals surface area (Å²) in [5.74, 6) is 0. The Hall–Kier alpha value is -0.600. The monoisotopic (exact) mass is 338 g/mol. The van der Waals surface area contributed by atoms with Gasteiger partial charge < -0.3 is 10.2 Å². The van der Waals surface area contributed by atoms with Crippen molar-refractivity contribution in [3.8, 4) is 0 Å². The van der Waals surface area contributed by atoms with E-state index in [1.807, 2.05) is 12.2 Å². The molecule has 0 bridgehead atoms. The average Bonchev–Trinajstić information content (AvgIpc) is 2.53. The topological polar surface area (TPSA) is 40.5 Å². The summed E-state index contributed by atoms with van der Waals surface area (Å²) < 4.78 is 0. The van der Waals surface area contributed by atoms with Gasteiger partial charge in [0.2, 0.25) is 0 Å². The molecule has 0 fully saturated rings. The predicted molar refractivity (Wildman–Crippen MR) is 106 cm³/mol. The lowest BCUT2D eigenvalue weighted by atomic mass is 9.78. The molecule has 0 amide bonds. The van der Waals surface area contributed by atoms with Gasteiger partial charge in [0.15, 0.2) is 0 Å². The van der Waals surface area contributed by atoms with Crippen LogP contribution in [0.15, 0.2) is 25.3 Å². The minimum absolute atomic E-state index is 0.667. The van der Waals surface area contributed by atoms with Crippen molar-refractivity contribution in [3.05, 3.63) is 25.3 Å². The van der Waals surface area contributed by atoms with E-state index in [2.05, 4.69) is 13.2 Å². The molecular formula is C22H42O2. The van der Waals surface area contributed by atoms with Crippen molar-refractivity contribution in [2.45, 2.75) is 115 Å². The summed E-state index contributed by atoms with van der Waals surface area (Å²) in [6, 6.07) is 0. The molecule has 0 aliphatic heterocycles. The molecule has 0 rings (SSSR count). The fraction of sp³-hybridized carbons (Fsp3) is 0.818. The number of unbranched alkanes of at least 4 members (excludes halogenated alkanes) is 10. The van der Waals surface area contributed by atoms with Crippen LogP contribution in [0.3, 0.4) is 0 Å². The Balaban J connectivity index is 3.80. The van der Waals surface area contributed by atoms with Crippen molar-refractivity contribution in [1.29, 1.82) is 0 Å². The van der Waals surface area contributed by atoms with Crippen molar-refractivity contribution in [2.75, 3.05) is 0 Å². The van der Waals surface area contributed by atoms with E-state index in [4.69, 9.17) is 0 Å². The number of allylic oxidation sites excluding steroid dienone is 2. The third-order valence-corrected chi connectivity index (χ3v) is 5.30. The highest BCUT2D eigenvalue weighted by atomic mass is 16.4. The van der Waals surface area contributed by atoms with E-state index in [0.29, 0.717) is 12.8 Å². The van der Waals surface area contributed by atoms with Crippen LogP contribution in [-0.4, -0.2) is 21.4 Å². The Morgan fingerprint density at radius 2 is 0.875 bits per heavy atom. The predicted octanol–water partition coefficient (Wildman–Crippen LogP) is 6.32. The lowest BCUT2D eigenvalue weighted by Crippen LogP contribution is -2.49. The van der Waals surface area contributed by atoms with Crippen LogP contribution in [0.4, 0.5) is 0 Å². The summed E-state index contributed by atoms with van der Waals surface area (Å²) in [6.07, 6.45) is 19.1. The van der Waals surface area contributed by atoms with Crippen molar-refractivity contribution in [1.82, 2.24) is 0 Å². The van der Waals surface area contributed by atoms with Gasteiger partial charge in [-0.05, 0) is 52.4 Å². The minimum atomic E-state index is -0.994. The molecule has 0 heterocycles. The maximum atomic E-state index is 10.7. The summed E-state index contributed by atoms with van der Waals surface area (Å²) in [5.41, 5.74) is -1.98. The van der Waals surface area contributed by atoms with Gasteiger partial charge in [-0.15, -0.1) is 13.2 Å². The molecule has 0 aliphatic rings. The van der Waals surface area contributed by atoms with E-state index in [9.17, 15) is 10.2 Å². The summed E-state index contributed by atoms with van der Waals surface area (Å²) in [4.78, 5) is 0. The third-order valence-electron chi connectivity index (χ3n) is 5.30. The van der Waals surface area contributed by atoms with Gasteiger partial charge in [-0.25, -0.2) is 0 Å². The van der Waals surface area contributed by atoms with Crippen LogP contribution in [0, 0.1) is 0 Å². The zero-order valence-corrected chi connectivity index (χ0v) is 16.4. The molecule has 0 spiro atoms. The Bertz CT molecular complexity index is 318. The Morgan fingerprint density at radius 1 is 0.583 bits per heavy atom. The number of hydrogen-bond donors (Lipinski definition) is 2. The first-order valence-electron chi connectivity index (χ1n) is 10.0. The van der Waals surface area contributed by atoms with Gasteiger partial charge in [0.25, 0.3) is 0 Å². The first-order chi connectivity index (χ1) is 11.4. The average molecular weight is 339 g/mol. The summed E-state index contributed by atoms with van der Waals surface area (Å²) in [6.45, 7) is 11.1. The molecule has 2 nitrogen and oxygen atoms in total. The highest BCUT2D eigenvalue weighted by Crippen LogP contribution is 2.32. The van der Waals surface area contributed by atoms with Gasteiger partial charge in [-0.2, -0.15) is 0 Å². The van der Waals surface area contributed by atoms with Crippen molar-refractivity contribution < 1.29 is 10.2 Å². The molecule has 0 radical (unpaired) electrons. The van der Waals surface area contributed by atoms with Crippen LogP contribution >= 0.6 is 0 Å². The first kappa shape index (κ1) is 23.4. The molecule has 0 aromatic heterocycles. The quantitative estimate of drug-likeness (QED) is 0.240. The fourth-order valence-electron chi connectivity index (χ4n) is 3.12. The van der Waals surface area contributed by atoms with E-state index in [0.717, 1.165) is 44.9 Å². The molecule has 0 unspecified atom stereocenters. The molecule has 2 N–H and O–H groups in total. The second-order valence-electron chi connectivity index (χ2n) is 7.74. The van der Waals surface area contributed by atoms with Crippen molar-refractivity contribution >= 4 is 0 Å². The fourth-order valence-corrected chi connectivity index (χ4v) is 3.12. The van der Waals surface area contributed by atoms with Crippen LogP contribution in [0.25, 0.3) is 0 Å². The molecular weight excluding hydrogens is 296 g/mol. The van der Waals surface area contributed by atoms with Gasteiger partial charge in [-0.1, -0.05) is 63.5 Å². The van der Waals surface area contributed by atoms with Gasteiger partial charge >= 0.3 is 0 Å². The van der Waals surface area contributed by atoms with E-state index < -0.39 is 11.2 Å². The van der Waals surface area contributed by atoms with Gasteiger partial charge in [0.1, 0.15) is 0 Å². The Labute approximate surface area is 151 Å². The van der Waals surface area contributed by atoms with E-state index in [1.54, 1.807) is 13.8 Å². The number of hydrogen-bond acceptors (Lipinski definition) is 2. The minimum Gasteiger partial charge on any atom is -0.387 e. The summed E-state index contributed by atoms with van der Waals surface area (Å²) >= 11 is 0. The summed E-state index contributed by atoms with van der Waals surface area (Å²) in [7, 11) is 0. The molecule has 24 heavy (non-hydrogen) atoms. The van der Waals surface area contributed by atoms with Crippen LogP contribution in [0.5, 0.6) is 0 Å². The van der Waals surface area contributed by atoms with E-state index in [1.165, 1.54) is 32.1 Å². The van der Waals surface area contributed by atoms with Crippen LogP contribution in [0.1, 0.15) is 104 Å². The molecule has 2 heteroatoms. The zero-order chi connectivity index (χ0) is 18.3. The largest absolute Gasteiger partial charge is 0.387 e. The SMILES string of the molecule is C=CCCCCCCCCC[C@](C)(O)[C@@](C)(O)CCCCCC=C. The second kappa shape index (κ2) is 13.7. The van der Waals surface area contributed by atoms with Gasteiger partial charge in [0.05, 0.1) is 11.2 Å².